The molecule has 0 amide bonds. The van der Waals surface area contributed by atoms with Crippen molar-refractivity contribution < 1.29 is 8.42 Å². The molecule has 1 aromatic heterocycles. The van der Waals surface area contributed by atoms with Crippen LogP contribution in [0.2, 0.25) is 0 Å². The minimum atomic E-state index is -3.79. The fourth-order valence-corrected chi connectivity index (χ4v) is 3.51. The molecule has 0 spiro atoms. The van der Waals surface area contributed by atoms with Crippen molar-refractivity contribution in [3.63, 3.8) is 0 Å². The lowest BCUT2D eigenvalue weighted by Crippen LogP contribution is -2.20. The fraction of sp³-hybridized carbons (Fsp3) is 0.833. The van der Waals surface area contributed by atoms with Gasteiger partial charge in [0, 0.05) is 12.5 Å². The summed E-state index contributed by atoms with van der Waals surface area (Å²) in [5.41, 5.74) is 0. The van der Waals surface area contributed by atoms with Crippen molar-refractivity contribution >= 4 is 10.0 Å². The monoisotopic (exact) mass is 286 g/mol. The summed E-state index contributed by atoms with van der Waals surface area (Å²) in [5.74, 6) is 1.09. The molecule has 1 aliphatic carbocycles. The Balaban J connectivity index is 2.30. The summed E-state index contributed by atoms with van der Waals surface area (Å²) < 4.78 is 24.6. The zero-order valence-corrected chi connectivity index (χ0v) is 12.2. The zero-order chi connectivity index (χ0) is 13.9. The van der Waals surface area contributed by atoms with E-state index in [9.17, 15) is 8.42 Å². The van der Waals surface area contributed by atoms with Crippen molar-refractivity contribution in [2.45, 2.75) is 69.5 Å². The van der Waals surface area contributed by atoms with Gasteiger partial charge >= 0.3 is 0 Å². The third-order valence-corrected chi connectivity index (χ3v) is 4.60. The lowest BCUT2D eigenvalue weighted by Gasteiger charge is -2.19. The molecular formula is C12H22N4O2S. The summed E-state index contributed by atoms with van der Waals surface area (Å²) >= 11 is 0. The maximum Gasteiger partial charge on any atom is 0.273 e. The highest BCUT2D eigenvalue weighted by Crippen LogP contribution is 2.30. The molecule has 6 nitrogen and oxygen atoms in total. The number of nitrogens with zero attached hydrogens (tertiary/aromatic N) is 3. The quantitative estimate of drug-likeness (QED) is 0.916. The van der Waals surface area contributed by atoms with Crippen LogP contribution >= 0.6 is 0 Å². The number of nitrogens with two attached hydrogens (primary N) is 1. The van der Waals surface area contributed by atoms with Crippen LogP contribution in [0.1, 0.15) is 63.6 Å². The molecule has 7 heteroatoms. The third-order valence-electron chi connectivity index (χ3n) is 3.79. The SMILES string of the molecule is CCn1c(C2CCCCCCC2)nnc1S(N)(=O)=O. The fourth-order valence-electron chi connectivity index (χ4n) is 2.82. The Labute approximate surface area is 114 Å². The van der Waals surface area contributed by atoms with Crippen molar-refractivity contribution in [2.24, 2.45) is 5.14 Å². The molecule has 0 unspecified atom stereocenters. The minimum absolute atomic E-state index is 0.105. The molecule has 0 aliphatic heterocycles. The van der Waals surface area contributed by atoms with Crippen LogP contribution in [0.25, 0.3) is 0 Å². The van der Waals surface area contributed by atoms with Gasteiger partial charge in [-0.25, -0.2) is 13.6 Å². The van der Waals surface area contributed by atoms with Gasteiger partial charge in [0.25, 0.3) is 15.2 Å². The van der Waals surface area contributed by atoms with Gasteiger partial charge in [-0.05, 0) is 19.8 Å². The van der Waals surface area contributed by atoms with Crippen molar-refractivity contribution in [1.82, 2.24) is 14.8 Å². The van der Waals surface area contributed by atoms with Crippen LogP contribution in [-0.2, 0) is 16.6 Å². The Bertz CT molecular complexity index is 516. The normalized spacial score (nSPS) is 19.1. The average molecular weight is 286 g/mol. The van der Waals surface area contributed by atoms with Gasteiger partial charge in [0.1, 0.15) is 5.82 Å². The number of hydrogen-bond acceptors (Lipinski definition) is 4. The van der Waals surface area contributed by atoms with Crippen LogP contribution in [0.5, 0.6) is 0 Å². The molecule has 2 rings (SSSR count). The van der Waals surface area contributed by atoms with Crippen molar-refractivity contribution in [2.75, 3.05) is 0 Å². The van der Waals surface area contributed by atoms with E-state index < -0.39 is 10.0 Å². The van der Waals surface area contributed by atoms with E-state index in [1.165, 1.54) is 32.1 Å². The van der Waals surface area contributed by atoms with Gasteiger partial charge < -0.3 is 4.57 Å². The van der Waals surface area contributed by atoms with E-state index in [-0.39, 0.29) is 5.16 Å². The molecule has 1 aliphatic rings. The molecular weight excluding hydrogens is 264 g/mol. The third kappa shape index (κ3) is 3.33. The smallest absolute Gasteiger partial charge is 0.273 e. The van der Waals surface area contributed by atoms with Crippen LogP contribution in [-0.4, -0.2) is 23.2 Å². The number of sulfonamides is 1. The molecule has 0 radical (unpaired) electrons. The van der Waals surface area contributed by atoms with E-state index in [1.807, 2.05) is 6.92 Å². The van der Waals surface area contributed by atoms with Crippen LogP contribution in [0.15, 0.2) is 5.16 Å². The first-order valence-electron chi connectivity index (χ1n) is 7.00. The topological polar surface area (TPSA) is 90.9 Å². The van der Waals surface area contributed by atoms with E-state index in [0.717, 1.165) is 18.7 Å². The summed E-state index contributed by atoms with van der Waals surface area (Å²) in [6.45, 7) is 2.43. The molecule has 0 bridgehead atoms. The van der Waals surface area contributed by atoms with Gasteiger partial charge in [0.05, 0.1) is 0 Å². The van der Waals surface area contributed by atoms with Crippen LogP contribution < -0.4 is 5.14 Å². The van der Waals surface area contributed by atoms with Crippen LogP contribution in [0.4, 0.5) is 0 Å². The first-order chi connectivity index (χ1) is 9.04. The largest absolute Gasteiger partial charge is 0.301 e. The average Bonchev–Trinajstić information content (AvgIpc) is 2.71. The summed E-state index contributed by atoms with van der Waals surface area (Å²) in [7, 11) is -3.79. The molecule has 2 N–H and O–H groups in total. The Morgan fingerprint density at radius 3 is 2.26 bits per heavy atom. The van der Waals surface area contributed by atoms with Crippen LogP contribution in [0.3, 0.4) is 0 Å². The second-order valence-electron chi connectivity index (χ2n) is 5.17. The van der Waals surface area contributed by atoms with E-state index >= 15 is 0 Å². The Morgan fingerprint density at radius 1 is 1.16 bits per heavy atom. The second-order valence-corrected chi connectivity index (χ2v) is 6.63. The molecule has 19 heavy (non-hydrogen) atoms. The second kappa shape index (κ2) is 6.00. The summed E-state index contributed by atoms with van der Waals surface area (Å²) in [6.07, 6.45) is 8.26. The molecule has 1 fully saturated rings. The first-order valence-corrected chi connectivity index (χ1v) is 8.54. The van der Waals surface area contributed by atoms with E-state index in [1.54, 1.807) is 4.57 Å². The van der Waals surface area contributed by atoms with Crippen molar-refractivity contribution in [3.05, 3.63) is 5.82 Å². The summed E-state index contributed by atoms with van der Waals surface area (Å²) in [6, 6.07) is 0. The lowest BCUT2D eigenvalue weighted by molar-refractivity contribution is 0.426. The summed E-state index contributed by atoms with van der Waals surface area (Å²) in [5, 5.41) is 13.0. The molecule has 1 aromatic rings. The predicted octanol–water partition coefficient (Wildman–Crippen LogP) is 1.77. The highest BCUT2D eigenvalue weighted by atomic mass is 32.2. The zero-order valence-electron chi connectivity index (χ0n) is 11.4. The Kier molecular flexibility index (Phi) is 4.57. The van der Waals surface area contributed by atoms with Gasteiger partial charge in [-0.15, -0.1) is 10.2 Å². The van der Waals surface area contributed by atoms with Crippen molar-refractivity contribution in [1.29, 1.82) is 0 Å². The highest BCUT2D eigenvalue weighted by molar-refractivity contribution is 7.89. The van der Waals surface area contributed by atoms with E-state index in [2.05, 4.69) is 10.2 Å². The molecule has 0 saturated heterocycles. The van der Waals surface area contributed by atoms with Gasteiger partial charge in [-0.1, -0.05) is 32.1 Å². The molecule has 0 aromatic carbocycles. The highest BCUT2D eigenvalue weighted by Gasteiger charge is 2.25. The number of rotatable bonds is 3. The Morgan fingerprint density at radius 2 is 1.74 bits per heavy atom. The lowest BCUT2D eigenvalue weighted by atomic mass is 9.90. The molecule has 0 atom stereocenters. The van der Waals surface area contributed by atoms with Crippen LogP contribution in [0, 0.1) is 0 Å². The first kappa shape index (κ1) is 14.5. The molecule has 108 valence electrons. The molecule has 1 heterocycles. The maximum atomic E-state index is 11.5. The van der Waals surface area contributed by atoms with E-state index in [4.69, 9.17) is 5.14 Å². The predicted molar refractivity (Wildman–Crippen MR) is 72.1 cm³/mol. The molecule has 1 saturated carbocycles. The Hall–Kier alpha value is -0.950. The number of hydrogen-bond donors (Lipinski definition) is 1. The number of aromatic nitrogens is 3. The standard InChI is InChI=1S/C12H22N4O2S/c1-2-16-11(14-15-12(16)19(13,17)18)10-8-6-4-3-5-7-9-10/h10H,2-9H2,1H3,(H2,13,17,18). The van der Waals surface area contributed by atoms with Gasteiger partial charge in [-0.3, -0.25) is 0 Å². The van der Waals surface area contributed by atoms with E-state index in [0.29, 0.717) is 12.5 Å². The maximum absolute atomic E-state index is 11.5. The van der Waals surface area contributed by atoms with Gasteiger partial charge in [0.2, 0.25) is 0 Å². The van der Waals surface area contributed by atoms with Gasteiger partial charge in [-0.2, -0.15) is 0 Å². The number of primary sulfonamides is 1. The van der Waals surface area contributed by atoms with Gasteiger partial charge in [0.15, 0.2) is 0 Å². The van der Waals surface area contributed by atoms with Crippen molar-refractivity contribution in [3.8, 4) is 0 Å². The minimum Gasteiger partial charge on any atom is -0.301 e. The summed E-state index contributed by atoms with van der Waals surface area (Å²) in [4.78, 5) is 0.